The molecule has 0 radical (unpaired) electrons. The largest absolute Gasteiger partial charge is 0.467 e. The molecule has 3 fully saturated rings. The number of aromatic nitrogens is 3. The van der Waals surface area contributed by atoms with Crippen molar-refractivity contribution in [1.29, 1.82) is 0 Å². The summed E-state index contributed by atoms with van der Waals surface area (Å²) in [5.74, 6) is 2.62. The molecule has 1 aromatic rings. The number of rotatable bonds is 4. The van der Waals surface area contributed by atoms with Gasteiger partial charge in [0.2, 0.25) is 17.8 Å². The van der Waals surface area contributed by atoms with Crippen LogP contribution in [0.25, 0.3) is 0 Å². The number of nitrogens with zero attached hydrogens (tertiary/aromatic N) is 6. The Morgan fingerprint density at radius 3 is 1.93 bits per heavy atom. The van der Waals surface area contributed by atoms with Gasteiger partial charge in [0.15, 0.2) is 0 Å². The fraction of sp³-hybridized carbons (Fsp3) is 0.818. The summed E-state index contributed by atoms with van der Waals surface area (Å²) in [5.41, 5.74) is 0. The highest BCUT2D eigenvalue weighted by Crippen LogP contribution is 2.27. The fourth-order valence-electron chi connectivity index (χ4n) is 4.79. The smallest absolute Gasteiger partial charge is 0.322 e. The lowest BCUT2D eigenvalue weighted by molar-refractivity contribution is -0.137. The van der Waals surface area contributed by atoms with Crippen LogP contribution in [-0.2, 0) is 4.79 Å². The Morgan fingerprint density at radius 2 is 1.37 bits per heavy atom. The van der Waals surface area contributed by atoms with Crippen LogP contribution in [0.4, 0.5) is 11.9 Å². The van der Waals surface area contributed by atoms with Crippen LogP contribution < -0.4 is 14.5 Å². The summed E-state index contributed by atoms with van der Waals surface area (Å²) in [6, 6.07) is 0.375. The van der Waals surface area contributed by atoms with Crippen molar-refractivity contribution in [3.8, 4) is 6.01 Å². The molecular formula is C22H36N6O2. The van der Waals surface area contributed by atoms with Crippen LogP contribution in [0, 0.1) is 11.8 Å². The van der Waals surface area contributed by atoms with Crippen molar-refractivity contribution >= 4 is 17.8 Å². The molecule has 3 saturated heterocycles. The number of amides is 1. The number of piperidine rings is 2. The van der Waals surface area contributed by atoms with Crippen molar-refractivity contribution in [3.05, 3.63) is 0 Å². The maximum atomic E-state index is 12.9. The first-order valence-corrected chi connectivity index (χ1v) is 11.7. The van der Waals surface area contributed by atoms with E-state index in [1.807, 2.05) is 0 Å². The SMILES string of the molecule is COc1nc(N2CCCCCC2)nc(N2CCC(C(=O)N3CCC(C)CC3)CC2)n1. The average molecular weight is 417 g/mol. The van der Waals surface area contributed by atoms with E-state index in [9.17, 15) is 4.79 Å². The Balaban J connectivity index is 1.40. The Morgan fingerprint density at radius 1 is 0.800 bits per heavy atom. The van der Waals surface area contributed by atoms with E-state index in [4.69, 9.17) is 9.72 Å². The normalized spacial score (nSPS) is 22.1. The summed E-state index contributed by atoms with van der Waals surface area (Å²) in [4.78, 5) is 33.3. The van der Waals surface area contributed by atoms with Gasteiger partial charge < -0.3 is 19.4 Å². The van der Waals surface area contributed by atoms with Crippen LogP contribution in [0.15, 0.2) is 0 Å². The molecule has 8 nitrogen and oxygen atoms in total. The van der Waals surface area contributed by atoms with Crippen LogP contribution in [0.3, 0.4) is 0 Å². The van der Waals surface area contributed by atoms with Crippen LogP contribution in [0.2, 0.25) is 0 Å². The van der Waals surface area contributed by atoms with Gasteiger partial charge in [-0.2, -0.15) is 15.0 Å². The van der Waals surface area contributed by atoms with E-state index in [1.165, 1.54) is 25.7 Å². The lowest BCUT2D eigenvalue weighted by Gasteiger charge is -2.36. The molecule has 8 heteroatoms. The molecule has 166 valence electrons. The molecule has 0 atom stereocenters. The fourth-order valence-corrected chi connectivity index (χ4v) is 4.79. The molecule has 0 spiro atoms. The molecule has 4 rings (SSSR count). The quantitative estimate of drug-likeness (QED) is 0.747. The van der Waals surface area contributed by atoms with Crippen molar-refractivity contribution in [2.24, 2.45) is 11.8 Å². The first-order valence-electron chi connectivity index (χ1n) is 11.7. The van der Waals surface area contributed by atoms with E-state index in [2.05, 4.69) is 31.6 Å². The van der Waals surface area contributed by atoms with Crippen LogP contribution in [-0.4, -0.2) is 72.1 Å². The Hall–Kier alpha value is -2.12. The molecule has 3 aliphatic heterocycles. The van der Waals surface area contributed by atoms with Crippen molar-refractivity contribution in [3.63, 3.8) is 0 Å². The third-order valence-electron chi connectivity index (χ3n) is 6.89. The summed E-state index contributed by atoms with van der Waals surface area (Å²) in [7, 11) is 1.61. The lowest BCUT2D eigenvalue weighted by Crippen LogP contribution is -2.45. The average Bonchev–Trinajstić information content (AvgIpc) is 3.08. The van der Waals surface area contributed by atoms with E-state index in [0.717, 1.165) is 76.8 Å². The number of carbonyl (C=O) groups is 1. The van der Waals surface area contributed by atoms with E-state index < -0.39 is 0 Å². The summed E-state index contributed by atoms with van der Waals surface area (Å²) < 4.78 is 5.38. The van der Waals surface area contributed by atoms with Crippen molar-refractivity contribution in [1.82, 2.24) is 19.9 Å². The zero-order valence-electron chi connectivity index (χ0n) is 18.6. The Kier molecular flexibility index (Phi) is 6.89. The van der Waals surface area contributed by atoms with Gasteiger partial charge in [0.25, 0.3) is 0 Å². The first kappa shape index (κ1) is 21.1. The second-order valence-corrected chi connectivity index (χ2v) is 9.09. The van der Waals surface area contributed by atoms with Crippen LogP contribution in [0.5, 0.6) is 6.01 Å². The Labute approximate surface area is 180 Å². The van der Waals surface area contributed by atoms with Gasteiger partial charge in [-0.25, -0.2) is 0 Å². The highest BCUT2D eigenvalue weighted by Gasteiger charge is 2.31. The van der Waals surface area contributed by atoms with E-state index in [0.29, 0.717) is 17.9 Å². The van der Waals surface area contributed by atoms with Gasteiger partial charge >= 0.3 is 6.01 Å². The van der Waals surface area contributed by atoms with Gasteiger partial charge in [-0.1, -0.05) is 19.8 Å². The van der Waals surface area contributed by atoms with Gasteiger partial charge in [0.1, 0.15) is 0 Å². The molecule has 0 saturated carbocycles. The molecule has 4 heterocycles. The van der Waals surface area contributed by atoms with Gasteiger partial charge in [0.05, 0.1) is 7.11 Å². The predicted octanol–water partition coefficient (Wildman–Crippen LogP) is 2.74. The number of likely N-dealkylation sites (tertiary alicyclic amines) is 1. The van der Waals surface area contributed by atoms with Crippen LogP contribution in [0.1, 0.15) is 58.3 Å². The van der Waals surface area contributed by atoms with Gasteiger partial charge in [-0.05, 0) is 44.4 Å². The molecule has 0 unspecified atom stereocenters. The highest BCUT2D eigenvalue weighted by molar-refractivity contribution is 5.79. The number of carbonyl (C=O) groups excluding carboxylic acids is 1. The first-order chi connectivity index (χ1) is 14.6. The second-order valence-electron chi connectivity index (χ2n) is 9.09. The zero-order valence-corrected chi connectivity index (χ0v) is 18.6. The van der Waals surface area contributed by atoms with Crippen LogP contribution >= 0.6 is 0 Å². The molecule has 0 bridgehead atoms. The molecular weight excluding hydrogens is 380 g/mol. The maximum Gasteiger partial charge on any atom is 0.322 e. The van der Waals surface area contributed by atoms with Gasteiger partial charge in [-0.3, -0.25) is 4.79 Å². The number of methoxy groups -OCH3 is 1. The van der Waals surface area contributed by atoms with E-state index >= 15 is 0 Å². The minimum absolute atomic E-state index is 0.128. The number of anilines is 2. The van der Waals surface area contributed by atoms with Crippen molar-refractivity contribution in [2.45, 2.75) is 58.3 Å². The zero-order chi connectivity index (χ0) is 20.9. The minimum atomic E-state index is 0.128. The summed E-state index contributed by atoms with van der Waals surface area (Å²) in [6.07, 6.45) is 8.86. The summed E-state index contributed by atoms with van der Waals surface area (Å²) in [6.45, 7) is 7.69. The standard InChI is InChI=1S/C22H36N6O2/c1-17-7-13-26(14-8-17)19(29)18-9-15-28(16-10-18)21-23-20(24-22(25-21)30-2)27-11-5-3-4-6-12-27/h17-18H,3-16H2,1-2H3. The molecule has 0 aliphatic carbocycles. The predicted molar refractivity (Wildman–Crippen MR) is 117 cm³/mol. The van der Waals surface area contributed by atoms with Gasteiger partial charge in [-0.15, -0.1) is 0 Å². The molecule has 1 aromatic heterocycles. The topological polar surface area (TPSA) is 74.7 Å². The molecule has 1 amide bonds. The lowest BCUT2D eigenvalue weighted by atomic mass is 9.93. The van der Waals surface area contributed by atoms with E-state index in [-0.39, 0.29) is 5.92 Å². The maximum absolute atomic E-state index is 12.9. The Bertz CT molecular complexity index is 706. The van der Waals surface area contributed by atoms with Crippen molar-refractivity contribution in [2.75, 3.05) is 56.2 Å². The summed E-state index contributed by atoms with van der Waals surface area (Å²) >= 11 is 0. The van der Waals surface area contributed by atoms with E-state index in [1.54, 1.807) is 7.11 Å². The monoisotopic (exact) mass is 416 g/mol. The van der Waals surface area contributed by atoms with Gasteiger partial charge in [0, 0.05) is 45.2 Å². The number of hydrogen-bond donors (Lipinski definition) is 0. The minimum Gasteiger partial charge on any atom is -0.467 e. The molecule has 3 aliphatic rings. The molecule has 0 N–H and O–H groups in total. The summed E-state index contributed by atoms with van der Waals surface area (Å²) in [5, 5.41) is 0. The number of ether oxygens (including phenoxy) is 1. The second kappa shape index (κ2) is 9.79. The highest BCUT2D eigenvalue weighted by atomic mass is 16.5. The molecule has 30 heavy (non-hydrogen) atoms. The third kappa shape index (κ3) is 4.95. The third-order valence-corrected chi connectivity index (χ3v) is 6.89. The molecule has 0 aromatic carbocycles. The van der Waals surface area contributed by atoms with Crippen molar-refractivity contribution < 1.29 is 9.53 Å². The number of hydrogen-bond acceptors (Lipinski definition) is 7.